The maximum absolute atomic E-state index is 13.5. The van der Waals surface area contributed by atoms with Crippen molar-refractivity contribution in [2.75, 3.05) is 12.9 Å². The molecule has 0 aromatic heterocycles. The van der Waals surface area contributed by atoms with E-state index in [0.717, 1.165) is 25.7 Å². The van der Waals surface area contributed by atoms with E-state index in [4.69, 9.17) is 0 Å². The minimum Gasteiger partial charge on any atom is -0.508 e. The summed E-state index contributed by atoms with van der Waals surface area (Å²) in [5.74, 6) is -0.230. The molecule has 4 rings (SSSR count). The van der Waals surface area contributed by atoms with Gasteiger partial charge in [-0.25, -0.2) is 13.9 Å². The van der Waals surface area contributed by atoms with E-state index in [2.05, 4.69) is 38.0 Å². The molecular formula is C23H33NO5S. The highest BCUT2D eigenvalue weighted by atomic mass is 32.2. The molecular weight excluding hydrogens is 402 g/mol. The summed E-state index contributed by atoms with van der Waals surface area (Å²) in [5.41, 5.74) is 2.41. The first-order valence-electron chi connectivity index (χ1n) is 10.8. The summed E-state index contributed by atoms with van der Waals surface area (Å²) in [4.78, 5) is 17.0. The topological polar surface area (TPSA) is 92.7 Å². The van der Waals surface area contributed by atoms with Crippen molar-refractivity contribution in [2.24, 2.45) is 22.7 Å². The second-order valence-corrected chi connectivity index (χ2v) is 12.7. The number of carbonyl (C=O) groups excluding carboxylic acids is 1. The monoisotopic (exact) mass is 435 g/mol. The van der Waals surface area contributed by atoms with Gasteiger partial charge in [-0.3, -0.25) is 9.63 Å². The van der Waals surface area contributed by atoms with Crippen LogP contribution in [-0.2, 0) is 20.1 Å². The Morgan fingerprint density at radius 1 is 1.13 bits per heavy atom. The van der Waals surface area contributed by atoms with Gasteiger partial charge in [0.15, 0.2) is 9.84 Å². The van der Waals surface area contributed by atoms with Crippen molar-refractivity contribution in [3.63, 3.8) is 0 Å². The van der Waals surface area contributed by atoms with Gasteiger partial charge in [-0.2, -0.15) is 0 Å². The lowest BCUT2D eigenvalue weighted by atomic mass is 9.43. The summed E-state index contributed by atoms with van der Waals surface area (Å²) in [5, 5.41) is 11.0. The lowest BCUT2D eigenvalue weighted by molar-refractivity contribution is -0.0984. The zero-order valence-electron chi connectivity index (χ0n) is 18.5. The summed E-state index contributed by atoms with van der Waals surface area (Å²) < 4.78 is 26.9. The summed E-state index contributed by atoms with van der Waals surface area (Å²) in [6, 6.07) is 2.77. The van der Waals surface area contributed by atoms with Gasteiger partial charge in [0.25, 0.3) is 5.91 Å². The predicted octanol–water partition coefficient (Wildman–Crippen LogP) is 3.97. The fraction of sp³-hybridized carbons (Fsp3) is 0.696. The van der Waals surface area contributed by atoms with E-state index < -0.39 is 21.2 Å². The number of rotatable bonds is 2. The number of hydroxylamine groups is 1. The number of sulfone groups is 1. The van der Waals surface area contributed by atoms with E-state index in [-0.39, 0.29) is 38.7 Å². The summed E-state index contributed by atoms with van der Waals surface area (Å²) in [6.07, 6.45) is 5.13. The number of fused-ring (bicyclic) bond motifs is 5. The number of hydrogen-bond acceptors (Lipinski definition) is 5. The molecule has 3 aliphatic rings. The lowest BCUT2D eigenvalue weighted by Crippen LogP contribution is -2.59. The molecule has 0 spiro atoms. The molecule has 1 amide bonds. The van der Waals surface area contributed by atoms with Crippen LogP contribution in [0.2, 0.25) is 0 Å². The van der Waals surface area contributed by atoms with Crippen LogP contribution in [0.3, 0.4) is 0 Å². The Bertz CT molecular complexity index is 1000. The number of carbonyl (C=O) groups is 1. The third-order valence-corrected chi connectivity index (χ3v) is 10.4. The van der Waals surface area contributed by atoms with E-state index in [9.17, 15) is 18.3 Å². The number of aromatic hydroxyl groups is 1. The third kappa shape index (κ3) is 2.92. The van der Waals surface area contributed by atoms with E-state index in [1.165, 1.54) is 25.7 Å². The molecule has 1 aliphatic heterocycles. The second-order valence-electron chi connectivity index (χ2n) is 10.7. The highest BCUT2D eigenvalue weighted by Gasteiger charge is 2.62. The van der Waals surface area contributed by atoms with Gasteiger partial charge in [0.05, 0.1) is 17.8 Å². The van der Waals surface area contributed by atoms with Crippen molar-refractivity contribution in [3.8, 4) is 5.75 Å². The van der Waals surface area contributed by atoms with Crippen LogP contribution >= 0.6 is 0 Å². The molecule has 6 nitrogen and oxygen atoms in total. The van der Waals surface area contributed by atoms with Crippen molar-refractivity contribution in [2.45, 2.75) is 70.1 Å². The van der Waals surface area contributed by atoms with Crippen LogP contribution in [0.5, 0.6) is 5.75 Å². The Kier molecular flexibility index (Phi) is 4.83. The largest absolute Gasteiger partial charge is 0.508 e. The average molecular weight is 436 g/mol. The van der Waals surface area contributed by atoms with Gasteiger partial charge in [0.2, 0.25) is 0 Å². The van der Waals surface area contributed by atoms with Crippen LogP contribution in [-0.4, -0.2) is 32.3 Å². The van der Waals surface area contributed by atoms with E-state index in [1.807, 2.05) is 0 Å². The minimum atomic E-state index is -3.65. The Labute approximate surface area is 179 Å². The normalized spacial score (nSPS) is 36.2. The Morgan fingerprint density at radius 2 is 1.83 bits per heavy atom. The van der Waals surface area contributed by atoms with Crippen LogP contribution in [0.1, 0.15) is 75.7 Å². The van der Waals surface area contributed by atoms with Gasteiger partial charge >= 0.3 is 0 Å². The van der Waals surface area contributed by atoms with Crippen LogP contribution in [0.15, 0.2) is 17.0 Å². The van der Waals surface area contributed by atoms with Crippen molar-refractivity contribution >= 4 is 15.7 Å². The molecule has 4 atom stereocenters. The van der Waals surface area contributed by atoms with E-state index >= 15 is 0 Å². The predicted molar refractivity (Wildman–Crippen MR) is 114 cm³/mol. The van der Waals surface area contributed by atoms with Gasteiger partial charge in [-0.1, -0.05) is 34.1 Å². The molecule has 2 saturated carbocycles. The van der Waals surface area contributed by atoms with Crippen LogP contribution in [0.4, 0.5) is 0 Å². The molecule has 7 heteroatoms. The quantitative estimate of drug-likeness (QED) is 0.686. The number of phenols is 1. The van der Waals surface area contributed by atoms with E-state index in [0.29, 0.717) is 11.5 Å². The average Bonchev–Trinajstić information content (AvgIpc) is 2.63. The molecule has 0 unspecified atom stereocenters. The molecule has 1 heterocycles. The molecule has 0 radical (unpaired) electrons. The first-order valence-corrected chi connectivity index (χ1v) is 12.5. The van der Waals surface area contributed by atoms with Gasteiger partial charge in [0.1, 0.15) is 5.75 Å². The van der Waals surface area contributed by atoms with Gasteiger partial charge in [-0.15, -0.1) is 0 Å². The van der Waals surface area contributed by atoms with Crippen molar-refractivity contribution in [3.05, 3.63) is 23.3 Å². The molecule has 1 aromatic rings. The maximum atomic E-state index is 13.5. The highest BCUT2D eigenvalue weighted by molar-refractivity contribution is 7.91. The Balaban J connectivity index is 1.89. The maximum Gasteiger partial charge on any atom is 0.275 e. The van der Waals surface area contributed by atoms with Crippen molar-refractivity contribution < 1.29 is 23.2 Å². The molecule has 1 aromatic carbocycles. The van der Waals surface area contributed by atoms with Crippen LogP contribution in [0.25, 0.3) is 0 Å². The molecule has 166 valence electrons. The number of nitrogens with one attached hydrogen (secondary N) is 1. The smallest absolute Gasteiger partial charge is 0.275 e. The highest BCUT2D eigenvalue weighted by Crippen LogP contribution is 2.67. The standard InChI is InChI=1S/C23H33NO5S/c1-21(2)8-6-9-22(3)17(21)7-10-23(4)18(22)13-30(27,28)16-12-14(20(26)24-29-5)11-15(25)19(16)23/h11-12,17-18,25H,6-10,13H2,1-5H3,(H,24,26)/t17-,18+,22-,23+/m0/s1. The fourth-order valence-corrected chi connectivity index (χ4v) is 9.66. The number of amides is 1. The van der Waals surface area contributed by atoms with Crippen LogP contribution in [0, 0.1) is 22.7 Å². The van der Waals surface area contributed by atoms with Crippen molar-refractivity contribution in [1.82, 2.24) is 5.48 Å². The summed E-state index contributed by atoms with van der Waals surface area (Å²) in [6.45, 7) is 9.03. The molecule has 2 fully saturated rings. The minimum absolute atomic E-state index is 0.0639. The molecule has 0 saturated heterocycles. The van der Waals surface area contributed by atoms with Crippen molar-refractivity contribution in [1.29, 1.82) is 0 Å². The third-order valence-electron chi connectivity index (χ3n) is 8.62. The summed E-state index contributed by atoms with van der Waals surface area (Å²) in [7, 11) is -2.34. The fourth-order valence-electron chi connectivity index (χ4n) is 7.34. The molecule has 0 bridgehead atoms. The second kappa shape index (κ2) is 6.70. The zero-order valence-corrected chi connectivity index (χ0v) is 19.4. The van der Waals surface area contributed by atoms with Gasteiger partial charge in [0, 0.05) is 16.5 Å². The number of hydrogen-bond donors (Lipinski definition) is 2. The SMILES string of the molecule is CONC(=O)c1cc(O)c2c(c1)S(=O)(=O)C[C@@H]1[C@@]3(C)CCCC(C)(C)[C@@H]3CC[C@@]21C. The molecule has 30 heavy (non-hydrogen) atoms. The number of phenolic OH excluding ortho intramolecular Hbond substituents is 1. The molecule has 2 N–H and O–H groups in total. The van der Waals surface area contributed by atoms with Crippen LogP contribution < -0.4 is 5.48 Å². The van der Waals surface area contributed by atoms with E-state index in [1.54, 1.807) is 0 Å². The first-order chi connectivity index (χ1) is 13.9. The first kappa shape index (κ1) is 21.6. The molecule has 2 aliphatic carbocycles. The zero-order chi connectivity index (χ0) is 22.1. The number of benzene rings is 1. The summed E-state index contributed by atoms with van der Waals surface area (Å²) >= 11 is 0. The Hall–Kier alpha value is -1.60. The Morgan fingerprint density at radius 3 is 2.50 bits per heavy atom. The lowest BCUT2D eigenvalue weighted by Gasteiger charge is -2.63. The van der Waals surface area contributed by atoms with Gasteiger partial charge in [-0.05, 0) is 60.5 Å². The van der Waals surface area contributed by atoms with Gasteiger partial charge < -0.3 is 5.11 Å².